The van der Waals surface area contributed by atoms with Crippen LogP contribution in [0.2, 0.25) is 0 Å². The quantitative estimate of drug-likeness (QED) is 0.373. The zero-order chi connectivity index (χ0) is 16.5. The minimum atomic E-state index is -6.46. The van der Waals surface area contributed by atoms with Gasteiger partial charge in [-0.3, -0.25) is 0 Å². The van der Waals surface area contributed by atoms with Gasteiger partial charge in [-0.15, -0.1) is 0 Å². The van der Waals surface area contributed by atoms with Crippen molar-refractivity contribution >= 4 is 28.2 Å². The first-order valence-corrected chi connectivity index (χ1v) is 6.22. The maximum atomic E-state index is 13.8. The molecule has 0 spiro atoms. The first kappa shape index (κ1) is 17.7. The van der Waals surface area contributed by atoms with Crippen LogP contribution in [0, 0.1) is 11.3 Å². The first-order valence-electron chi connectivity index (χ1n) is 5.15. The van der Waals surface area contributed by atoms with Gasteiger partial charge in [0.1, 0.15) is 9.65 Å². The molecule has 0 saturated carbocycles. The molecule has 0 aromatic heterocycles. The highest BCUT2D eigenvalue weighted by atomic mass is 127. The van der Waals surface area contributed by atoms with Crippen molar-refractivity contribution in [2.75, 3.05) is 0 Å². The van der Waals surface area contributed by atoms with Crippen LogP contribution in [0.4, 0.5) is 30.7 Å². The summed E-state index contributed by atoms with van der Waals surface area (Å²) in [4.78, 5) is 0. The summed E-state index contributed by atoms with van der Waals surface area (Å²) in [5.74, 6) is -11.9. The normalized spacial score (nSPS) is 14.4. The molecule has 21 heavy (non-hydrogen) atoms. The van der Waals surface area contributed by atoms with Crippen LogP contribution in [0.25, 0.3) is 5.57 Å². The molecule has 0 aliphatic heterocycles. The van der Waals surface area contributed by atoms with Crippen LogP contribution in [0.3, 0.4) is 0 Å². The summed E-state index contributed by atoms with van der Waals surface area (Å²) in [6.45, 7) is 0. The fourth-order valence-corrected chi connectivity index (χ4v) is 2.09. The molecule has 0 heterocycles. The van der Waals surface area contributed by atoms with Crippen LogP contribution in [-0.4, -0.2) is 18.0 Å². The predicted octanol–water partition coefficient (Wildman–Crippen LogP) is 5.19. The third kappa shape index (κ3) is 3.14. The summed E-state index contributed by atoms with van der Waals surface area (Å²) < 4.78 is 89.6. The van der Waals surface area contributed by atoms with E-state index in [9.17, 15) is 30.7 Å². The van der Waals surface area contributed by atoms with Crippen molar-refractivity contribution in [3.05, 3.63) is 39.5 Å². The molecule has 1 nitrogen and oxygen atoms in total. The van der Waals surface area contributed by atoms with E-state index in [4.69, 9.17) is 5.26 Å². The predicted molar refractivity (Wildman–Crippen MR) is 68.9 cm³/mol. The molecular formula is C12H5F7IN. The van der Waals surface area contributed by atoms with Gasteiger partial charge in [0.2, 0.25) is 0 Å². The number of hydrogen-bond donors (Lipinski definition) is 0. The summed E-state index contributed by atoms with van der Waals surface area (Å²) in [5, 5.41) is 8.62. The molecule has 0 bridgehead atoms. The highest BCUT2D eigenvalue weighted by molar-refractivity contribution is 14.1. The molecule has 114 valence electrons. The minimum absolute atomic E-state index is 0.586. The lowest BCUT2D eigenvalue weighted by Crippen LogP contribution is -2.52. The molecule has 1 rings (SSSR count). The molecule has 1 aromatic rings. The number of allylic oxidation sites excluding steroid dienone is 2. The summed E-state index contributed by atoms with van der Waals surface area (Å²) in [6, 6.07) is 6.74. The maximum absolute atomic E-state index is 13.8. The monoisotopic (exact) mass is 423 g/mol. The molecule has 0 radical (unpaired) electrons. The molecule has 0 aliphatic carbocycles. The van der Waals surface area contributed by atoms with Crippen LogP contribution in [0.5, 0.6) is 0 Å². The van der Waals surface area contributed by atoms with E-state index in [1.54, 1.807) is 0 Å². The van der Waals surface area contributed by atoms with E-state index in [1.807, 2.05) is 0 Å². The van der Waals surface area contributed by atoms with E-state index < -0.39 is 32.7 Å². The number of nitriles is 1. The molecule has 1 aromatic carbocycles. The van der Waals surface area contributed by atoms with Crippen molar-refractivity contribution in [2.45, 2.75) is 18.0 Å². The molecular weight excluding hydrogens is 418 g/mol. The number of alkyl halides is 7. The fourth-order valence-electron chi connectivity index (χ4n) is 1.44. The van der Waals surface area contributed by atoms with Crippen LogP contribution >= 0.6 is 22.6 Å². The largest absolute Gasteiger partial charge is 0.460 e. The summed E-state index contributed by atoms with van der Waals surface area (Å²) in [6.07, 6.45) is -6.46. The first-order chi connectivity index (χ1) is 9.46. The van der Waals surface area contributed by atoms with Gasteiger partial charge in [0.05, 0.1) is 5.57 Å². The van der Waals surface area contributed by atoms with Crippen LogP contribution in [0.1, 0.15) is 5.56 Å². The Hall–Kier alpha value is -1.31. The summed E-state index contributed by atoms with van der Waals surface area (Å²) in [7, 11) is 0. The van der Waals surface area contributed by atoms with Crippen LogP contribution in [0.15, 0.2) is 33.9 Å². The zero-order valence-electron chi connectivity index (χ0n) is 9.86. The topological polar surface area (TPSA) is 23.8 Å². The second-order valence-electron chi connectivity index (χ2n) is 3.81. The van der Waals surface area contributed by atoms with Crippen LogP contribution in [-0.2, 0) is 0 Å². The van der Waals surface area contributed by atoms with Crippen molar-refractivity contribution < 1.29 is 30.7 Å². The molecule has 0 fully saturated rings. The number of nitrogens with zero attached hydrogens (tertiary/aromatic N) is 1. The molecule has 9 heteroatoms. The Morgan fingerprint density at radius 2 is 1.43 bits per heavy atom. The van der Waals surface area contributed by atoms with Gasteiger partial charge in [-0.05, 0) is 28.2 Å². The van der Waals surface area contributed by atoms with E-state index >= 15 is 0 Å². The lowest BCUT2D eigenvalue weighted by atomic mass is 9.94. The molecule has 0 unspecified atom stereocenters. The van der Waals surface area contributed by atoms with Crippen molar-refractivity contribution in [2.24, 2.45) is 0 Å². The fraction of sp³-hybridized carbons (Fsp3) is 0.250. The van der Waals surface area contributed by atoms with E-state index in [-0.39, 0.29) is 0 Å². The Morgan fingerprint density at radius 1 is 0.952 bits per heavy atom. The summed E-state index contributed by atoms with van der Waals surface area (Å²) >= 11 is 1.00. The Balaban J connectivity index is 3.60. The van der Waals surface area contributed by atoms with Crippen molar-refractivity contribution in [3.8, 4) is 6.07 Å². The minimum Gasteiger partial charge on any atom is -0.194 e. The number of rotatable bonds is 3. The molecule has 0 aliphatic rings. The lowest BCUT2D eigenvalue weighted by Gasteiger charge is -2.30. The zero-order valence-corrected chi connectivity index (χ0v) is 12.0. The number of benzene rings is 1. The standard InChI is InChI=1S/C12H5F7IN/c13-10(14,11(15,16)12(17,18)19)9(8(20)6-21)7-4-2-1-3-5-7/h1-5H/b9-8+. The molecule has 0 amide bonds. The third-order valence-corrected chi connectivity index (χ3v) is 3.23. The van der Waals surface area contributed by atoms with Gasteiger partial charge in [0, 0.05) is 0 Å². The van der Waals surface area contributed by atoms with Gasteiger partial charge in [-0.1, -0.05) is 30.3 Å². The molecule has 0 atom stereocenters. The van der Waals surface area contributed by atoms with Crippen LogP contribution < -0.4 is 0 Å². The highest BCUT2D eigenvalue weighted by Gasteiger charge is 2.74. The second kappa shape index (κ2) is 5.82. The molecule has 0 N–H and O–H groups in total. The van der Waals surface area contributed by atoms with Gasteiger partial charge in [0.15, 0.2) is 0 Å². The molecule has 0 saturated heterocycles. The Bertz CT molecular complexity index is 584. The smallest absolute Gasteiger partial charge is 0.194 e. The van der Waals surface area contributed by atoms with E-state index in [0.29, 0.717) is 0 Å². The van der Waals surface area contributed by atoms with Gasteiger partial charge in [-0.2, -0.15) is 36.0 Å². The Kier molecular flexibility index (Phi) is 4.92. The van der Waals surface area contributed by atoms with Gasteiger partial charge in [-0.25, -0.2) is 0 Å². The van der Waals surface area contributed by atoms with Crippen molar-refractivity contribution in [3.63, 3.8) is 0 Å². The average molecular weight is 423 g/mol. The number of hydrogen-bond acceptors (Lipinski definition) is 1. The maximum Gasteiger partial charge on any atom is 0.460 e. The van der Waals surface area contributed by atoms with Gasteiger partial charge < -0.3 is 0 Å². The van der Waals surface area contributed by atoms with E-state index in [0.717, 1.165) is 34.7 Å². The number of halogens is 8. The van der Waals surface area contributed by atoms with Crippen molar-refractivity contribution in [1.29, 1.82) is 5.26 Å². The lowest BCUT2D eigenvalue weighted by molar-refractivity contribution is -0.338. The van der Waals surface area contributed by atoms with Gasteiger partial charge in [0.25, 0.3) is 0 Å². The van der Waals surface area contributed by atoms with Crippen molar-refractivity contribution in [1.82, 2.24) is 0 Å². The van der Waals surface area contributed by atoms with E-state index in [2.05, 4.69) is 0 Å². The van der Waals surface area contributed by atoms with Gasteiger partial charge >= 0.3 is 18.0 Å². The summed E-state index contributed by atoms with van der Waals surface area (Å²) in [5.41, 5.74) is -2.24. The average Bonchev–Trinajstić information content (AvgIpc) is 2.38. The Labute approximate surface area is 128 Å². The highest BCUT2D eigenvalue weighted by Crippen LogP contribution is 2.53. The second-order valence-corrected chi connectivity index (χ2v) is 4.89. The third-order valence-electron chi connectivity index (χ3n) is 2.44. The SMILES string of the molecule is N#C/C(I)=C(/c1ccccc1)C(F)(F)C(F)(F)C(F)(F)F. The Morgan fingerprint density at radius 3 is 1.81 bits per heavy atom. The van der Waals surface area contributed by atoms with E-state index in [1.165, 1.54) is 24.3 Å².